The normalized spacial score (nSPS) is 14.2. The minimum atomic E-state index is -0.541. The molecule has 1 aliphatic rings. The number of carbonyl (C=O) groups excluding carboxylic acids is 2. The number of imidazole rings is 1. The molecule has 3 heterocycles. The molecule has 9 heteroatoms. The highest BCUT2D eigenvalue weighted by Gasteiger charge is 2.26. The van der Waals surface area contributed by atoms with Gasteiger partial charge in [-0.15, -0.1) is 0 Å². The van der Waals surface area contributed by atoms with Crippen LogP contribution in [0, 0.1) is 11.3 Å². The molecule has 1 aliphatic heterocycles. The molecule has 2 aromatic heterocycles. The Bertz CT molecular complexity index is 1540. The van der Waals surface area contributed by atoms with Gasteiger partial charge >= 0.3 is 6.09 Å². The molecule has 4 aromatic rings. The maximum absolute atomic E-state index is 13.1. The number of piperidine rings is 1. The Hall–Kier alpha value is -4.71. The second-order valence-electron chi connectivity index (χ2n) is 10.6. The fourth-order valence-corrected chi connectivity index (χ4v) is 4.61. The Balaban J connectivity index is 1.25. The van der Waals surface area contributed by atoms with Gasteiger partial charge in [0.05, 0.1) is 29.2 Å². The van der Waals surface area contributed by atoms with Gasteiger partial charge in [-0.1, -0.05) is 24.3 Å². The molecule has 0 saturated carbocycles. The van der Waals surface area contributed by atoms with E-state index < -0.39 is 11.7 Å². The summed E-state index contributed by atoms with van der Waals surface area (Å²) in [6, 6.07) is 20.7. The van der Waals surface area contributed by atoms with Crippen molar-refractivity contribution in [1.82, 2.24) is 24.8 Å². The third-order valence-electron chi connectivity index (χ3n) is 6.60. The van der Waals surface area contributed by atoms with Gasteiger partial charge in [0, 0.05) is 35.8 Å². The molecule has 5 rings (SSSR count). The molecule has 198 valence electrons. The molecule has 1 saturated heterocycles. The first-order chi connectivity index (χ1) is 18.7. The third-order valence-corrected chi connectivity index (χ3v) is 6.60. The molecule has 2 amide bonds. The fraction of sp³-hybridized carbons (Fsp3) is 0.300. The van der Waals surface area contributed by atoms with E-state index in [0.717, 1.165) is 28.2 Å². The second-order valence-corrected chi connectivity index (χ2v) is 10.6. The zero-order valence-electron chi connectivity index (χ0n) is 22.2. The molecule has 0 radical (unpaired) electrons. The number of nitriles is 1. The van der Waals surface area contributed by atoms with Crippen LogP contribution in [0.2, 0.25) is 0 Å². The standard InChI is InChI=1S/C30H30N6O3/c1-30(2,3)39-29(38)33-24-14-16-35(17-15-24)28(37)23-10-8-21(9-11-23)25-12-13-27-32-19-26(36(27)34-25)22-6-4-20(18-31)5-7-22/h4-13,19,24H,14-17H2,1-3H3,(H,33,38). The summed E-state index contributed by atoms with van der Waals surface area (Å²) < 4.78 is 7.12. The van der Waals surface area contributed by atoms with Gasteiger partial charge in [0.15, 0.2) is 5.65 Å². The lowest BCUT2D eigenvalue weighted by atomic mass is 10.0. The predicted molar refractivity (Wildman–Crippen MR) is 147 cm³/mol. The number of hydrogen-bond acceptors (Lipinski definition) is 6. The van der Waals surface area contributed by atoms with E-state index in [-0.39, 0.29) is 11.9 Å². The van der Waals surface area contributed by atoms with Gasteiger partial charge in [-0.25, -0.2) is 14.3 Å². The van der Waals surface area contributed by atoms with Crippen molar-refractivity contribution in [2.24, 2.45) is 0 Å². The number of hydrogen-bond donors (Lipinski definition) is 1. The van der Waals surface area contributed by atoms with E-state index in [4.69, 9.17) is 15.1 Å². The lowest BCUT2D eigenvalue weighted by Crippen LogP contribution is -2.47. The maximum atomic E-state index is 13.1. The lowest BCUT2D eigenvalue weighted by Gasteiger charge is -2.33. The van der Waals surface area contributed by atoms with E-state index in [9.17, 15) is 9.59 Å². The number of nitrogens with one attached hydrogen (secondary N) is 1. The fourth-order valence-electron chi connectivity index (χ4n) is 4.61. The van der Waals surface area contributed by atoms with Crippen LogP contribution in [0.1, 0.15) is 49.5 Å². The highest BCUT2D eigenvalue weighted by atomic mass is 16.6. The Labute approximate surface area is 227 Å². The SMILES string of the molecule is CC(C)(C)OC(=O)NC1CCN(C(=O)c2ccc(-c3ccc4ncc(-c5ccc(C#N)cc5)n4n3)cc2)CC1. The minimum absolute atomic E-state index is 0.00961. The number of likely N-dealkylation sites (tertiary alicyclic amines) is 1. The summed E-state index contributed by atoms with van der Waals surface area (Å²) in [5.74, 6) is -0.0293. The molecule has 1 fully saturated rings. The summed E-state index contributed by atoms with van der Waals surface area (Å²) in [6.07, 6.45) is 2.70. The van der Waals surface area contributed by atoms with Gasteiger partial charge < -0.3 is 15.0 Å². The van der Waals surface area contributed by atoms with Gasteiger partial charge in [-0.2, -0.15) is 10.4 Å². The van der Waals surface area contributed by atoms with Crippen molar-refractivity contribution in [3.63, 3.8) is 0 Å². The molecule has 0 unspecified atom stereocenters. The van der Waals surface area contributed by atoms with Gasteiger partial charge in [0.25, 0.3) is 5.91 Å². The van der Waals surface area contributed by atoms with Crippen molar-refractivity contribution in [1.29, 1.82) is 5.26 Å². The number of amides is 2. The zero-order valence-corrected chi connectivity index (χ0v) is 22.2. The van der Waals surface area contributed by atoms with Crippen LogP contribution in [0.3, 0.4) is 0 Å². The van der Waals surface area contributed by atoms with Crippen LogP contribution in [-0.4, -0.2) is 56.2 Å². The van der Waals surface area contributed by atoms with Crippen LogP contribution in [0.25, 0.3) is 28.2 Å². The number of carbonyl (C=O) groups is 2. The van der Waals surface area contributed by atoms with Crippen LogP contribution in [-0.2, 0) is 4.74 Å². The average Bonchev–Trinajstić information content (AvgIpc) is 3.35. The van der Waals surface area contributed by atoms with Crippen molar-refractivity contribution >= 4 is 17.6 Å². The molecule has 2 aromatic carbocycles. The smallest absolute Gasteiger partial charge is 0.407 e. The number of alkyl carbamates (subject to hydrolysis) is 1. The topological polar surface area (TPSA) is 113 Å². The third kappa shape index (κ3) is 5.91. The summed E-state index contributed by atoms with van der Waals surface area (Å²) in [7, 11) is 0. The molecule has 0 atom stereocenters. The monoisotopic (exact) mass is 522 g/mol. The number of ether oxygens (including phenoxy) is 1. The Kier molecular flexibility index (Phi) is 7.03. The average molecular weight is 523 g/mol. The Morgan fingerprint density at radius 3 is 2.28 bits per heavy atom. The van der Waals surface area contributed by atoms with E-state index in [1.807, 2.05) is 74.2 Å². The number of aromatic nitrogens is 3. The first-order valence-electron chi connectivity index (χ1n) is 12.9. The number of benzene rings is 2. The molecule has 0 bridgehead atoms. The summed E-state index contributed by atoms with van der Waals surface area (Å²) in [6.45, 7) is 6.63. The van der Waals surface area contributed by atoms with Crippen LogP contribution in [0.15, 0.2) is 66.9 Å². The van der Waals surface area contributed by atoms with Crippen LogP contribution >= 0.6 is 0 Å². The molecule has 0 spiro atoms. The van der Waals surface area contributed by atoms with Crippen molar-refractivity contribution in [2.75, 3.05) is 13.1 Å². The maximum Gasteiger partial charge on any atom is 0.407 e. The number of nitrogens with zero attached hydrogens (tertiary/aromatic N) is 5. The molecule has 39 heavy (non-hydrogen) atoms. The van der Waals surface area contributed by atoms with Crippen LogP contribution in [0.4, 0.5) is 4.79 Å². The number of rotatable bonds is 4. The van der Waals surface area contributed by atoms with Crippen molar-refractivity contribution in [2.45, 2.75) is 45.3 Å². The minimum Gasteiger partial charge on any atom is -0.444 e. The predicted octanol–water partition coefficient (Wildman–Crippen LogP) is 5.06. The summed E-state index contributed by atoms with van der Waals surface area (Å²) in [4.78, 5) is 31.4. The number of fused-ring (bicyclic) bond motifs is 1. The molecular formula is C30H30N6O3. The molecular weight excluding hydrogens is 492 g/mol. The Morgan fingerprint density at radius 1 is 0.974 bits per heavy atom. The largest absolute Gasteiger partial charge is 0.444 e. The zero-order chi connectivity index (χ0) is 27.6. The van der Waals surface area contributed by atoms with Crippen molar-refractivity contribution < 1.29 is 14.3 Å². The molecule has 1 N–H and O–H groups in total. The summed E-state index contributed by atoms with van der Waals surface area (Å²) in [5, 5.41) is 16.8. The van der Waals surface area contributed by atoms with E-state index >= 15 is 0 Å². The Morgan fingerprint density at radius 2 is 1.64 bits per heavy atom. The first kappa shape index (κ1) is 25.9. The summed E-state index contributed by atoms with van der Waals surface area (Å²) >= 11 is 0. The first-order valence-corrected chi connectivity index (χ1v) is 12.9. The van der Waals surface area contributed by atoms with Gasteiger partial charge in [-0.3, -0.25) is 4.79 Å². The molecule has 0 aliphatic carbocycles. The van der Waals surface area contributed by atoms with E-state index in [1.165, 1.54) is 0 Å². The second kappa shape index (κ2) is 10.6. The van der Waals surface area contributed by atoms with Crippen LogP contribution < -0.4 is 5.32 Å². The highest BCUT2D eigenvalue weighted by molar-refractivity contribution is 5.94. The van der Waals surface area contributed by atoms with E-state index in [1.54, 1.807) is 22.8 Å². The lowest BCUT2D eigenvalue weighted by molar-refractivity contribution is 0.0473. The van der Waals surface area contributed by atoms with Crippen molar-refractivity contribution in [3.8, 4) is 28.6 Å². The van der Waals surface area contributed by atoms with Crippen LogP contribution in [0.5, 0.6) is 0 Å². The van der Waals surface area contributed by atoms with Gasteiger partial charge in [0.1, 0.15) is 5.60 Å². The quantitative estimate of drug-likeness (QED) is 0.401. The van der Waals surface area contributed by atoms with E-state index in [2.05, 4.69) is 16.4 Å². The van der Waals surface area contributed by atoms with Gasteiger partial charge in [-0.05, 0) is 70.0 Å². The molecule has 9 nitrogen and oxygen atoms in total. The van der Waals surface area contributed by atoms with Crippen molar-refractivity contribution in [3.05, 3.63) is 78.0 Å². The summed E-state index contributed by atoms with van der Waals surface area (Å²) in [5.41, 5.74) is 4.76. The van der Waals surface area contributed by atoms with E-state index in [0.29, 0.717) is 37.1 Å². The highest BCUT2D eigenvalue weighted by Crippen LogP contribution is 2.24. The van der Waals surface area contributed by atoms with Gasteiger partial charge in [0.2, 0.25) is 0 Å².